The van der Waals surface area contributed by atoms with E-state index in [0.717, 1.165) is 38.0 Å². The lowest BCUT2D eigenvalue weighted by molar-refractivity contribution is -0.123. The number of likely N-dealkylation sites (tertiary alicyclic amines) is 2. The van der Waals surface area contributed by atoms with Crippen molar-refractivity contribution in [2.45, 2.75) is 64.5 Å². The first-order chi connectivity index (χ1) is 14.0. The van der Waals surface area contributed by atoms with E-state index in [-0.39, 0.29) is 5.92 Å². The molecular weight excluding hydrogens is 362 g/mol. The minimum Gasteiger partial charge on any atom is -0.301 e. The van der Waals surface area contributed by atoms with Gasteiger partial charge >= 0.3 is 0 Å². The molecule has 1 aromatic heterocycles. The second kappa shape index (κ2) is 10.6. The van der Waals surface area contributed by atoms with Gasteiger partial charge in [-0.05, 0) is 63.8 Å². The normalized spacial score (nSPS) is 26.4. The van der Waals surface area contributed by atoms with Crippen LogP contribution in [0.5, 0.6) is 0 Å². The van der Waals surface area contributed by atoms with Crippen LogP contribution in [0.1, 0.15) is 57.9 Å². The van der Waals surface area contributed by atoms with Gasteiger partial charge in [0.05, 0.1) is 6.54 Å². The number of piperazine rings is 1. The van der Waals surface area contributed by atoms with E-state index in [4.69, 9.17) is 0 Å². The number of Topliss-reactive ketones (excluding diaryl/α,β-unsaturated/α-hetero) is 1. The number of piperidine rings is 1. The summed E-state index contributed by atoms with van der Waals surface area (Å²) in [7, 11) is 2.29. The number of hydrogen-bond acceptors (Lipinski definition) is 6. The van der Waals surface area contributed by atoms with E-state index < -0.39 is 0 Å². The Bertz CT molecular complexity index is 615. The van der Waals surface area contributed by atoms with E-state index >= 15 is 0 Å². The first-order valence-electron chi connectivity index (χ1n) is 11.4. The van der Waals surface area contributed by atoms with E-state index in [0.29, 0.717) is 18.2 Å². The van der Waals surface area contributed by atoms with Crippen molar-refractivity contribution in [1.29, 1.82) is 0 Å². The predicted molar refractivity (Wildman–Crippen MR) is 117 cm³/mol. The Balaban J connectivity index is 0.000000186. The largest absolute Gasteiger partial charge is 0.301 e. The van der Waals surface area contributed by atoms with Crippen molar-refractivity contribution in [1.82, 2.24) is 24.7 Å². The van der Waals surface area contributed by atoms with Gasteiger partial charge in [0.25, 0.3) is 0 Å². The maximum Gasteiger partial charge on any atom is 0.149 e. The average Bonchev–Trinajstić information content (AvgIpc) is 2.95. The Hall–Kier alpha value is -1.37. The van der Waals surface area contributed by atoms with Gasteiger partial charge in [-0.1, -0.05) is 20.8 Å². The van der Waals surface area contributed by atoms with Crippen LogP contribution in [-0.4, -0.2) is 88.9 Å². The highest BCUT2D eigenvalue weighted by Gasteiger charge is 2.36. The first-order valence-corrected chi connectivity index (χ1v) is 11.4. The van der Waals surface area contributed by atoms with Crippen LogP contribution in [0.25, 0.3) is 0 Å². The summed E-state index contributed by atoms with van der Waals surface area (Å²) in [5, 5.41) is 0. The zero-order valence-corrected chi connectivity index (χ0v) is 18.8. The van der Waals surface area contributed by atoms with Gasteiger partial charge in [-0.25, -0.2) is 9.97 Å². The van der Waals surface area contributed by atoms with E-state index in [1.165, 1.54) is 38.0 Å². The molecule has 0 radical (unpaired) electrons. The van der Waals surface area contributed by atoms with Crippen molar-refractivity contribution in [3.8, 4) is 0 Å². The lowest BCUT2D eigenvalue weighted by Gasteiger charge is -2.38. The molecule has 3 fully saturated rings. The topological polar surface area (TPSA) is 52.6 Å². The number of rotatable bonds is 5. The lowest BCUT2D eigenvalue weighted by Crippen LogP contribution is -2.51. The van der Waals surface area contributed by atoms with Crippen molar-refractivity contribution in [2.75, 3.05) is 46.3 Å². The van der Waals surface area contributed by atoms with E-state index in [2.05, 4.69) is 38.6 Å². The van der Waals surface area contributed by atoms with Gasteiger partial charge in [0.1, 0.15) is 12.1 Å². The highest BCUT2D eigenvalue weighted by atomic mass is 16.1. The SMILES string of the molecule is CC(C)C(=O)CN1CCC(c2cncnc2)CC1.CCN1CC2CCC(C1)N2C. The summed E-state index contributed by atoms with van der Waals surface area (Å²) in [5.41, 5.74) is 1.23. The molecule has 4 heterocycles. The molecule has 0 N–H and O–H groups in total. The maximum atomic E-state index is 11.7. The van der Waals surface area contributed by atoms with Crippen molar-refractivity contribution >= 4 is 5.78 Å². The van der Waals surface area contributed by atoms with Crippen LogP contribution >= 0.6 is 0 Å². The number of ketones is 1. The minimum atomic E-state index is 0.144. The standard InChI is InChI=1S/C14H21N3O.C9H18N2/c1-11(2)14(18)9-17-5-3-12(4-6-17)13-7-15-10-16-8-13;1-3-11-6-8-4-5-9(7-11)10(8)2/h7-8,10-12H,3-6,9H2,1-2H3;8-9H,3-7H2,1-2H3. The molecule has 0 amide bonds. The number of hydrogen-bond donors (Lipinski definition) is 0. The molecule has 0 saturated carbocycles. The summed E-state index contributed by atoms with van der Waals surface area (Å²) < 4.78 is 0. The summed E-state index contributed by atoms with van der Waals surface area (Å²) in [6.45, 7) is 12.7. The van der Waals surface area contributed by atoms with Crippen LogP contribution in [0.15, 0.2) is 18.7 Å². The van der Waals surface area contributed by atoms with Crippen LogP contribution < -0.4 is 0 Å². The molecule has 0 spiro atoms. The van der Waals surface area contributed by atoms with Gasteiger partial charge in [0.2, 0.25) is 0 Å². The fourth-order valence-electron chi connectivity index (χ4n) is 4.81. The molecule has 6 heteroatoms. The van der Waals surface area contributed by atoms with Crippen LogP contribution in [0.2, 0.25) is 0 Å². The van der Waals surface area contributed by atoms with Crippen LogP contribution in [0.4, 0.5) is 0 Å². The molecule has 2 atom stereocenters. The average molecular weight is 402 g/mol. The van der Waals surface area contributed by atoms with Crippen molar-refractivity contribution in [2.24, 2.45) is 5.92 Å². The molecule has 4 rings (SSSR count). The highest BCUT2D eigenvalue weighted by Crippen LogP contribution is 2.28. The molecule has 29 heavy (non-hydrogen) atoms. The maximum absolute atomic E-state index is 11.7. The van der Waals surface area contributed by atoms with Gasteiger partial charge in [0, 0.05) is 43.5 Å². The first kappa shape index (κ1) is 22.3. The molecule has 3 aliphatic rings. The molecule has 0 aromatic carbocycles. The number of carbonyl (C=O) groups excluding carboxylic acids is 1. The molecule has 3 saturated heterocycles. The lowest BCUT2D eigenvalue weighted by atomic mass is 9.91. The van der Waals surface area contributed by atoms with E-state index in [9.17, 15) is 4.79 Å². The Morgan fingerprint density at radius 1 is 1.03 bits per heavy atom. The van der Waals surface area contributed by atoms with Gasteiger partial charge in [-0.2, -0.15) is 0 Å². The summed E-state index contributed by atoms with van der Waals surface area (Å²) >= 11 is 0. The molecule has 3 aliphatic heterocycles. The summed E-state index contributed by atoms with van der Waals surface area (Å²) in [6, 6.07) is 1.74. The molecule has 1 aromatic rings. The van der Waals surface area contributed by atoms with E-state index in [1.807, 2.05) is 26.2 Å². The molecular formula is C23H39N5O. The molecule has 2 bridgehead atoms. The molecule has 162 valence electrons. The Morgan fingerprint density at radius 2 is 1.62 bits per heavy atom. The Labute approximate surface area is 176 Å². The van der Waals surface area contributed by atoms with Gasteiger partial charge in [0.15, 0.2) is 0 Å². The summed E-state index contributed by atoms with van der Waals surface area (Å²) in [4.78, 5) is 27.3. The molecule has 0 aliphatic carbocycles. The smallest absolute Gasteiger partial charge is 0.149 e. The number of nitrogens with zero attached hydrogens (tertiary/aromatic N) is 5. The fourth-order valence-corrected chi connectivity index (χ4v) is 4.81. The van der Waals surface area contributed by atoms with Crippen molar-refractivity contribution in [3.05, 3.63) is 24.3 Å². The second-order valence-electron chi connectivity index (χ2n) is 9.25. The zero-order valence-electron chi connectivity index (χ0n) is 18.8. The zero-order chi connectivity index (χ0) is 20.8. The molecule has 6 nitrogen and oxygen atoms in total. The van der Waals surface area contributed by atoms with Crippen LogP contribution in [0, 0.1) is 5.92 Å². The molecule has 2 unspecified atom stereocenters. The van der Waals surface area contributed by atoms with Gasteiger partial charge in [-0.3, -0.25) is 14.6 Å². The third-order valence-corrected chi connectivity index (χ3v) is 7.03. The summed E-state index contributed by atoms with van der Waals surface area (Å²) in [5.74, 6) is 1.04. The second-order valence-corrected chi connectivity index (χ2v) is 9.25. The van der Waals surface area contributed by atoms with Crippen LogP contribution in [0.3, 0.4) is 0 Å². The third kappa shape index (κ3) is 6.06. The Kier molecular flexibility index (Phi) is 8.16. The van der Waals surface area contributed by atoms with E-state index in [1.54, 1.807) is 6.33 Å². The monoisotopic (exact) mass is 401 g/mol. The van der Waals surface area contributed by atoms with Crippen LogP contribution in [-0.2, 0) is 4.79 Å². The summed E-state index contributed by atoms with van der Waals surface area (Å²) in [6.07, 6.45) is 10.4. The fraction of sp³-hybridized carbons (Fsp3) is 0.783. The number of likely N-dealkylation sites (N-methyl/N-ethyl adjacent to an activating group) is 2. The minimum absolute atomic E-state index is 0.144. The highest BCUT2D eigenvalue weighted by molar-refractivity contribution is 5.82. The van der Waals surface area contributed by atoms with Gasteiger partial charge < -0.3 is 4.90 Å². The van der Waals surface area contributed by atoms with Crippen molar-refractivity contribution < 1.29 is 4.79 Å². The predicted octanol–water partition coefficient (Wildman–Crippen LogP) is 2.67. The number of fused-ring (bicyclic) bond motifs is 2. The quantitative estimate of drug-likeness (QED) is 0.756. The van der Waals surface area contributed by atoms with Gasteiger partial charge in [-0.15, -0.1) is 0 Å². The number of aromatic nitrogens is 2. The number of carbonyl (C=O) groups is 1. The third-order valence-electron chi connectivity index (χ3n) is 7.03. The van der Waals surface area contributed by atoms with Crippen molar-refractivity contribution in [3.63, 3.8) is 0 Å². The Morgan fingerprint density at radius 3 is 2.14 bits per heavy atom.